The van der Waals surface area contributed by atoms with Gasteiger partial charge in [-0.25, -0.2) is 0 Å². The van der Waals surface area contributed by atoms with E-state index in [2.05, 4.69) is 25.4 Å². The molecule has 1 nitrogen and oxygen atoms in total. The summed E-state index contributed by atoms with van der Waals surface area (Å²) in [6, 6.07) is 6.43. The summed E-state index contributed by atoms with van der Waals surface area (Å²) < 4.78 is 0. The number of thioether (sulfide) groups is 1. The van der Waals surface area contributed by atoms with Crippen molar-refractivity contribution in [3.05, 3.63) is 33.8 Å². The average Bonchev–Trinajstić information content (AvgIpc) is 2.22. The van der Waals surface area contributed by atoms with Gasteiger partial charge in [-0.1, -0.05) is 35.3 Å². The van der Waals surface area contributed by atoms with Crippen molar-refractivity contribution in [2.45, 2.75) is 25.9 Å². The van der Waals surface area contributed by atoms with Crippen LogP contribution in [0.4, 0.5) is 0 Å². The van der Waals surface area contributed by atoms with Crippen LogP contribution in [0.5, 0.6) is 0 Å². The Morgan fingerprint density at radius 3 is 2.62 bits per heavy atom. The van der Waals surface area contributed by atoms with Gasteiger partial charge in [-0.05, 0) is 31.7 Å². The number of rotatable bonds is 5. The van der Waals surface area contributed by atoms with Crippen molar-refractivity contribution >= 4 is 35.0 Å². The Balaban J connectivity index is 2.72. The van der Waals surface area contributed by atoms with Crippen LogP contribution in [0.15, 0.2) is 18.2 Å². The molecular formula is C12H17Cl2NS. The van der Waals surface area contributed by atoms with Crippen molar-refractivity contribution < 1.29 is 0 Å². The Morgan fingerprint density at radius 2 is 2.00 bits per heavy atom. The summed E-state index contributed by atoms with van der Waals surface area (Å²) in [7, 11) is 0. The molecule has 1 aromatic carbocycles. The predicted molar refractivity (Wildman–Crippen MR) is 75.9 cm³/mol. The highest BCUT2D eigenvalue weighted by molar-refractivity contribution is 7.98. The molecule has 0 aliphatic rings. The largest absolute Gasteiger partial charge is 0.307 e. The normalized spacial score (nSPS) is 14.8. The van der Waals surface area contributed by atoms with E-state index >= 15 is 0 Å². The summed E-state index contributed by atoms with van der Waals surface area (Å²) in [5.41, 5.74) is 1.06. The highest BCUT2D eigenvalue weighted by Gasteiger charge is 2.13. The Kier molecular flexibility index (Phi) is 5.98. The monoisotopic (exact) mass is 277 g/mol. The molecule has 0 saturated carbocycles. The zero-order valence-corrected chi connectivity index (χ0v) is 12.1. The van der Waals surface area contributed by atoms with E-state index in [1.165, 1.54) is 0 Å². The van der Waals surface area contributed by atoms with Crippen LogP contribution in [-0.2, 0) is 0 Å². The minimum atomic E-state index is 0.216. The zero-order chi connectivity index (χ0) is 12.1. The minimum Gasteiger partial charge on any atom is -0.307 e. The molecule has 0 aromatic heterocycles. The fraction of sp³-hybridized carbons (Fsp3) is 0.500. The molecule has 2 unspecified atom stereocenters. The molecule has 0 bridgehead atoms. The molecule has 0 amide bonds. The van der Waals surface area contributed by atoms with Crippen LogP contribution in [0.1, 0.15) is 25.5 Å². The molecule has 0 heterocycles. The minimum absolute atomic E-state index is 0.216. The van der Waals surface area contributed by atoms with Gasteiger partial charge in [0.05, 0.1) is 10.0 Å². The molecule has 1 rings (SSSR count). The van der Waals surface area contributed by atoms with Crippen molar-refractivity contribution in [1.29, 1.82) is 0 Å². The maximum Gasteiger partial charge on any atom is 0.0639 e. The summed E-state index contributed by atoms with van der Waals surface area (Å²) in [6.45, 7) is 4.28. The van der Waals surface area contributed by atoms with Gasteiger partial charge < -0.3 is 5.32 Å². The Bertz CT molecular complexity index is 344. The van der Waals surface area contributed by atoms with E-state index in [-0.39, 0.29) is 6.04 Å². The van der Waals surface area contributed by atoms with Gasteiger partial charge in [0.15, 0.2) is 0 Å². The van der Waals surface area contributed by atoms with E-state index in [1.54, 1.807) is 0 Å². The second kappa shape index (κ2) is 6.75. The first kappa shape index (κ1) is 14.2. The number of halogens is 2. The standard InChI is InChI=1S/C12H17Cl2NS/c1-8(7-16-3)15-9(2)10-5-4-6-11(13)12(10)14/h4-6,8-9,15H,7H2,1-3H3. The lowest BCUT2D eigenvalue weighted by Gasteiger charge is -2.21. The third-order valence-corrected chi connectivity index (χ3v) is 4.07. The van der Waals surface area contributed by atoms with Crippen LogP contribution in [-0.4, -0.2) is 18.1 Å². The van der Waals surface area contributed by atoms with Crippen molar-refractivity contribution in [3.8, 4) is 0 Å². The van der Waals surface area contributed by atoms with Crippen molar-refractivity contribution in [3.63, 3.8) is 0 Å². The van der Waals surface area contributed by atoms with Gasteiger partial charge in [-0.15, -0.1) is 0 Å². The maximum atomic E-state index is 6.17. The number of nitrogens with one attached hydrogen (secondary N) is 1. The number of hydrogen-bond donors (Lipinski definition) is 1. The summed E-state index contributed by atoms with van der Waals surface area (Å²) in [4.78, 5) is 0. The second-order valence-corrected chi connectivity index (χ2v) is 5.58. The zero-order valence-electron chi connectivity index (χ0n) is 9.76. The molecule has 1 N–H and O–H groups in total. The maximum absolute atomic E-state index is 6.17. The molecule has 0 spiro atoms. The summed E-state index contributed by atoms with van der Waals surface area (Å²) >= 11 is 14.0. The molecule has 0 aliphatic heterocycles. The highest BCUT2D eigenvalue weighted by Crippen LogP contribution is 2.29. The van der Waals surface area contributed by atoms with Gasteiger partial charge in [0.1, 0.15) is 0 Å². The first-order valence-electron chi connectivity index (χ1n) is 5.25. The molecule has 1 aromatic rings. The lowest BCUT2D eigenvalue weighted by Crippen LogP contribution is -2.30. The second-order valence-electron chi connectivity index (χ2n) is 3.89. The first-order chi connectivity index (χ1) is 7.56. The van der Waals surface area contributed by atoms with Gasteiger partial charge in [0.25, 0.3) is 0 Å². The van der Waals surface area contributed by atoms with Crippen LogP contribution < -0.4 is 5.32 Å². The molecule has 0 fully saturated rings. The third kappa shape index (κ3) is 3.85. The molecule has 2 atom stereocenters. The molecule has 0 saturated heterocycles. The van der Waals surface area contributed by atoms with E-state index < -0.39 is 0 Å². The number of hydrogen-bond acceptors (Lipinski definition) is 2. The van der Waals surface area contributed by atoms with E-state index in [4.69, 9.17) is 23.2 Å². The average molecular weight is 278 g/mol. The van der Waals surface area contributed by atoms with Crippen LogP contribution in [0.25, 0.3) is 0 Å². The van der Waals surface area contributed by atoms with Gasteiger partial charge in [0, 0.05) is 17.8 Å². The van der Waals surface area contributed by atoms with Crippen molar-refractivity contribution in [1.82, 2.24) is 5.32 Å². The lowest BCUT2D eigenvalue weighted by atomic mass is 10.1. The van der Waals surface area contributed by atoms with Gasteiger partial charge >= 0.3 is 0 Å². The van der Waals surface area contributed by atoms with Crippen LogP contribution in [0, 0.1) is 0 Å². The van der Waals surface area contributed by atoms with E-state index in [9.17, 15) is 0 Å². The highest BCUT2D eigenvalue weighted by atomic mass is 35.5. The summed E-state index contributed by atoms with van der Waals surface area (Å²) in [5, 5.41) is 4.77. The summed E-state index contributed by atoms with van der Waals surface area (Å²) in [5.74, 6) is 1.09. The van der Waals surface area contributed by atoms with E-state index in [1.807, 2.05) is 30.0 Å². The smallest absolute Gasteiger partial charge is 0.0639 e. The van der Waals surface area contributed by atoms with Gasteiger partial charge in [-0.2, -0.15) is 11.8 Å². The van der Waals surface area contributed by atoms with Crippen LogP contribution >= 0.6 is 35.0 Å². The Hall–Kier alpha value is 0.110. The molecule has 90 valence electrons. The summed E-state index contributed by atoms with van der Waals surface area (Å²) in [6.07, 6.45) is 2.11. The molecule has 0 radical (unpaired) electrons. The topological polar surface area (TPSA) is 12.0 Å². The SMILES string of the molecule is CSCC(C)NC(C)c1cccc(Cl)c1Cl. The van der Waals surface area contributed by atoms with Gasteiger partial charge in [0.2, 0.25) is 0 Å². The lowest BCUT2D eigenvalue weighted by molar-refractivity contribution is 0.511. The predicted octanol–water partition coefficient (Wildman–Crippen LogP) is 4.40. The fourth-order valence-electron chi connectivity index (χ4n) is 1.67. The number of benzene rings is 1. The Labute approximate surface area is 112 Å². The van der Waals surface area contributed by atoms with Crippen LogP contribution in [0.3, 0.4) is 0 Å². The Morgan fingerprint density at radius 1 is 1.31 bits per heavy atom. The van der Waals surface area contributed by atoms with Gasteiger partial charge in [-0.3, -0.25) is 0 Å². The quantitative estimate of drug-likeness (QED) is 0.857. The third-order valence-electron chi connectivity index (χ3n) is 2.40. The molecule has 4 heteroatoms. The van der Waals surface area contributed by atoms with E-state index in [0.29, 0.717) is 16.1 Å². The first-order valence-corrected chi connectivity index (χ1v) is 7.40. The molecular weight excluding hydrogens is 261 g/mol. The van der Waals surface area contributed by atoms with Crippen molar-refractivity contribution in [2.24, 2.45) is 0 Å². The molecule has 16 heavy (non-hydrogen) atoms. The van der Waals surface area contributed by atoms with E-state index in [0.717, 1.165) is 11.3 Å². The van der Waals surface area contributed by atoms with Crippen LogP contribution in [0.2, 0.25) is 10.0 Å². The molecule has 0 aliphatic carbocycles. The van der Waals surface area contributed by atoms with Crippen molar-refractivity contribution in [2.75, 3.05) is 12.0 Å². The fourth-order valence-corrected chi connectivity index (χ4v) is 2.74.